The van der Waals surface area contributed by atoms with E-state index in [-0.39, 0.29) is 5.69 Å². The van der Waals surface area contributed by atoms with Gasteiger partial charge in [-0.25, -0.2) is 17.2 Å². The number of carbonyl (C=O) groups is 1. The van der Waals surface area contributed by atoms with Crippen LogP contribution < -0.4 is 5.32 Å². The van der Waals surface area contributed by atoms with E-state index in [0.717, 1.165) is 24.3 Å². The molecule has 0 atom stereocenters. The SMILES string of the molecule is O=C(Nc1ccc(S(=O)(=O)C(F)F)cc1)c1snnc1C(F)F. The van der Waals surface area contributed by atoms with E-state index >= 15 is 0 Å². The molecule has 0 bridgehead atoms. The number of carbonyl (C=O) groups excluding carboxylic acids is 1. The van der Waals surface area contributed by atoms with Crippen molar-refractivity contribution in [3.8, 4) is 0 Å². The molecule has 0 spiro atoms. The van der Waals surface area contributed by atoms with E-state index < -0.39 is 43.4 Å². The van der Waals surface area contributed by atoms with Gasteiger partial charge in [-0.2, -0.15) is 8.78 Å². The summed E-state index contributed by atoms with van der Waals surface area (Å²) in [7, 11) is -4.75. The van der Waals surface area contributed by atoms with Crippen LogP contribution in [0.5, 0.6) is 0 Å². The molecule has 0 aliphatic heterocycles. The Morgan fingerprint density at radius 3 is 2.26 bits per heavy atom. The summed E-state index contributed by atoms with van der Waals surface area (Å²) in [6, 6.07) is 3.86. The van der Waals surface area contributed by atoms with Crippen LogP contribution >= 0.6 is 11.5 Å². The Kier molecular flexibility index (Phi) is 4.94. The fourth-order valence-electron chi connectivity index (χ4n) is 1.52. The van der Waals surface area contributed by atoms with Crippen molar-refractivity contribution >= 4 is 33.0 Å². The average Bonchev–Trinajstić information content (AvgIpc) is 2.97. The highest BCUT2D eigenvalue weighted by molar-refractivity contribution is 7.91. The maximum absolute atomic E-state index is 12.6. The second-order valence-corrected chi connectivity index (χ2v) is 6.74. The van der Waals surface area contributed by atoms with E-state index in [1.165, 1.54) is 0 Å². The molecule has 2 rings (SSSR count). The van der Waals surface area contributed by atoms with Crippen molar-refractivity contribution in [2.75, 3.05) is 5.32 Å². The van der Waals surface area contributed by atoms with E-state index in [2.05, 4.69) is 14.9 Å². The smallest absolute Gasteiger partial charge is 0.321 e. The van der Waals surface area contributed by atoms with Crippen molar-refractivity contribution in [3.05, 3.63) is 34.8 Å². The molecule has 0 radical (unpaired) electrons. The largest absolute Gasteiger partial charge is 0.341 e. The molecule has 0 saturated heterocycles. The number of sulfone groups is 1. The van der Waals surface area contributed by atoms with Gasteiger partial charge >= 0.3 is 5.76 Å². The van der Waals surface area contributed by atoms with Gasteiger partial charge in [-0.15, -0.1) is 5.10 Å². The van der Waals surface area contributed by atoms with E-state index in [0.29, 0.717) is 11.5 Å². The number of hydrogen-bond acceptors (Lipinski definition) is 6. The molecule has 1 aromatic carbocycles. The van der Waals surface area contributed by atoms with Crippen LogP contribution in [0.2, 0.25) is 0 Å². The zero-order valence-corrected chi connectivity index (χ0v) is 12.5. The van der Waals surface area contributed by atoms with Crippen LogP contribution in [0.3, 0.4) is 0 Å². The van der Waals surface area contributed by atoms with Crippen molar-refractivity contribution < 1.29 is 30.8 Å². The summed E-state index contributed by atoms with van der Waals surface area (Å²) in [6.07, 6.45) is -2.98. The summed E-state index contributed by atoms with van der Waals surface area (Å²) >= 11 is 0.468. The monoisotopic (exact) mass is 369 g/mol. The van der Waals surface area contributed by atoms with Gasteiger partial charge in [0, 0.05) is 5.69 Å². The Morgan fingerprint density at radius 1 is 1.13 bits per heavy atom. The number of benzene rings is 1. The number of nitrogens with zero attached hydrogens (tertiary/aromatic N) is 2. The summed E-state index contributed by atoms with van der Waals surface area (Å²) in [5.41, 5.74) is -0.735. The van der Waals surface area contributed by atoms with Gasteiger partial charge in [-0.3, -0.25) is 4.79 Å². The third kappa shape index (κ3) is 3.64. The molecule has 1 N–H and O–H groups in total. The molecule has 23 heavy (non-hydrogen) atoms. The summed E-state index contributed by atoms with van der Waals surface area (Å²) in [5.74, 6) is -4.49. The predicted molar refractivity (Wildman–Crippen MR) is 72.5 cm³/mol. The lowest BCUT2D eigenvalue weighted by Gasteiger charge is -2.06. The predicted octanol–water partition coefficient (Wildman–Crippen LogP) is 2.72. The molecule has 0 unspecified atom stereocenters. The van der Waals surface area contributed by atoms with Crippen LogP contribution in [0.25, 0.3) is 0 Å². The van der Waals surface area contributed by atoms with E-state index in [1.54, 1.807) is 0 Å². The number of alkyl halides is 4. The molecule has 6 nitrogen and oxygen atoms in total. The van der Waals surface area contributed by atoms with Crippen LogP contribution in [-0.4, -0.2) is 29.7 Å². The molecule has 0 saturated carbocycles. The number of amides is 1. The van der Waals surface area contributed by atoms with Crippen LogP contribution in [0.15, 0.2) is 29.2 Å². The number of halogens is 4. The van der Waals surface area contributed by atoms with Crippen molar-refractivity contribution in [2.45, 2.75) is 17.1 Å². The first kappa shape index (κ1) is 17.3. The first-order valence-electron chi connectivity index (χ1n) is 5.77. The second kappa shape index (κ2) is 6.58. The molecule has 0 aliphatic carbocycles. The van der Waals surface area contributed by atoms with Crippen LogP contribution in [0.1, 0.15) is 21.8 Å². The van der Waals surface area contributed by atoms with E-state index in [4.69, 9.17) is 0 Å². The summed E-state index contributed by atoms with van der Waals surface area (Å²) in [4.78, 5) is 10.8. The van der Waals surface area contributed by atoms with Gasteiger partial charge in [0.1, 0.15) is 4.88 Å². The molecule has 1 amide bonds. The number of rotatable bonds is 5. The Balaban J connectivity index is 2.18. The number of anilines is 1. The Hall–Kier alpha value is -2.08. The molecular weight excluding hydrogens is 362 g/mol. The molecule has 12 heteroatoms. The molecule has 124 valence electrons. The van der Waals surface area contributed by atoms with Gasteiger partial charge in [0.15, 0.2) is 5.69 Å². The van der Waals surface area contributed by atoms with Crippen molar-refractivity contribution in [2.24, 2.45) is 0 Å². The molecule has 1 heterocycles. The fourth-order valence-corrected chi connectivity index (χ4v) is 2.81. The third-order valence-corrected chi connectivity index (χ3v) is 4.74. The second-order valence-electron chi connectivity index (χ2n) is 4.07. The fraction of sp³-hybridized carbons (Fsp3) is 0.182. The minimum absolute atomic E-state index is 0.0387. The lowest BCUT2D eigenvalue weighted by Crippen LogP contribution is -2.14. The first-order valence-corrected chi connectivity index (χ1v) is 8.09. The number of nitrogens with one attached hydrogen (secondary N) is 1. The minimum Gasteiger partial charge on any atom is -0.321 e. The quantitative estimate of drug-likeness (QED) is 0.819. The van der Waals surface area contributed by atoms with Gasteiger partial charge in [0.05, 0.1) is 4.90 Å². The minimum atomic E-state index is -4.75. The van der Waals surface area contributed by atoms with Gasteiger partial charge in [0.2, 0.25) is 9.84 Å². The van der Waals surface area contributed by atoms with Crippen molar-refractivity contribution in [1.29, 1.82) is 0 Å². The highest BCUT2D eigenvalue weighted by Crippen LogP contribution is 2.24. The summed E-state index contributed by atoms with van der Waals surface area (Å²) in [5, 5.41) is 5.36. The zero-order valence-electron chi connectivity index (χ0n) is 10.9. The van der Waals surface area contributed by atoms with Gasteiger partial charge in [-0.1, -0.05) is 4.49 Å². The maximum Gasteiger partial charge on any atom is 0.341 e. The van der Waals surface area contributed by atoms with Gasteiger partial charge in [0.25, 0.3) is 12.3 Å². The average molecular weight is 369 g/mol. The summed E-state index contributed by atoms with van der Waals surface area (Å²) < 4.78 is 75.7. The van der Waals surface area contributed by atoms with Crippen LogP contribution in [0, 0.1) is 0 Å². The highest BCUT2D eigenvalue weighted by atomic mass is 32.2. The van der Waals surface area contributed by atoms with E-state index in [9.17, 15) is 30.8 Å². The first-order chi connectivity index (χ1) is 10.7. The topological polar surface area (TPSA) is 89.0 Å². The van der Waals surface area contributed by atoms with Crippen molar-refractivity contribution in [1.82, 2.24) is 9.59 Å². The molecule has 2 aromatic rings. The lowest BCUT2D eigenvalue weighted by molar-refractivity contribution is 0.101. The standard InChI is InChI=1S/C11H7F4N3O3S2/c12-9(13)7-8(22-18-17-7)10(19)16-5-1-3-6(4-2-5)23(20,21)11(14)15/h1-4,9,11H,(H,16,19). The van der Waals surface area contributed by atoms with Gasteiger partial charge in [-0.05, 0) is 35.8 Å². The number of hydrogen-bond donors (Lipinski definition) is 1. The lowest BCUT2D eigenvalue weighted by atomic mass is 10.3. The molecular formula is C11H7F4N3O3S2. The maximum atomic E-state index is 12.6. The zero-order chi connectivity index (χ0) is 17.2. The Morgan fingerprint density at radius 2 is 1.74 bits per heavy atom. The van der Waals surface area contributed by atoms with Crippen molar-refractivity contribution in [3.63, 3.8) is 0 Å². The van der Waals surface area contributed by atoms with Crippen LogP contribution in [0.4, 0.5) is 23.2 Å². The Bertz CT molecular complexity index is 806. The normalized spacial score (nSPS) is 11.9. The van der Waals surface area contributed by atoms with Crippen LogP contribution in [-0.2, 0) is 9.84 Å². The molecule has 0 aliphatic rings. The number of aromatic nitrogens is 2. The van der Waals surface area contributed by atoms with Gasteiger partial charge < -0.3 is 5.32 Å². The summed E-state index contributed by atoms with van der Waals surface area (Å²) in [6.45, 7) is 0. The third-order valence-electron chi connectivity index (χ3n) is 2.60. The van der Waals surface area contributed by atoms with E-state index in [1.807, 2.05) is 0 Å². The molecule has 1 aromatic heterocycles. The highest BCUT2D eigenvalue weighted by Gasteiger charge is 2.27. The molecule has 0 fully saturated rings. The Labute approximate surface area is 131 Å².